The molecule has 0 aliphatic carbocycles. The molecule has 2 heterocycles. The number of carbonyl (C=O) groups excluding carboxylic acids is 1. The number of hydrogen-bond acceptors (Lipinski definition) is 3. The van der Waals surface area contributed by atoms with Crippen LogP contribution in [0.2, 0.25) is 0 Å². The number of hydrogen-bond donors (Lipinski definition) is 0. The normalized spacial score (nSPS) is 13.4. The molecule has 0 N–H and O–H groups in total. The molecule has 2 aromatic rings. The van der Waals surface area contributed by atoms with Crippen LogP contribution in [0, 0.1) is 11.3 Å². The van der Waals surface area contributed by atoms with E-state index in [4.69, 9.17) is 5.26 Å². The van der Waals surface area contributed by atoms with Crippen molar-refractivity contribution >= 4 is 11.6 Å². The minimum Gasteiger partial charge on any atom is -0.308 e. The summed E-state index contributed by atoms with van der Waals surface area (Å²) in [4.78, 5) is 18.3. The van der Waals surface area contributed by atoms with Crippen LogP contribution in [0.15, 0.2) is 42.7 Å². The maximum Gasteiger partial charge on any atom is 0.259 e. The molecule has 20 heavy (non-hydrogen) atoms. The molecule has 0 atom stereocenters. The molecule has 1 aromatic heterocycles. The summed E-state index contributed by atoms with van der Waals surface area (Å²) < 4.78 is 0. The van der Waals surface area contributed by atoms with Gasteiger partial charge in [-0.2, -0.15) is 5.26 Å². The second kappa shape index (κ2) is 5.14. The average molecular weight is 263 g/mol. The van der Waals surface area contributed by atoms with E-state index in [0.717, 1.165) is 18.5 Å². The van der Waals surface area contributed by atoms with Crippen molar-refractivity contribution < 1.29 is 4.79 Å². The topological polar surface area (TPSA) is 57.0 Å². The number of amides is 1. The second-order valence-electron chi connectivity index (χ2n) is 4.76. The number of anilines is 1. The summed E-state index contributed by atoms with van der Waals surface area (Å²) >= 11 is 0. The van der Waals surface area contributed by atoms with E-state index in [0.29, 0.717) is 17.7 Å². The summed E-state index contributed by atoms with van der Waals surface area (Å²) in [6, 6.07) is 11.6. The van der Waals surface area contributed by atoms with E-state index in [1.807, 2.05) is 24.3 Å². The van der Waals surface area contributed by atoms with Gasteiger partial charge in [0.15, 0.2) is 0 Å². The number of pyridine rings is 1. The Morgan fingerprint density at radius 3 is 3.00 bits per heavy atom. The Bertz CT molecular complexity index is 703. The average Bonchev–Trinajstić information content (AvgIpc) is 2.53. The Morgan fingerprint density at radius 2 is 2.15 bits per heavy atom. The van der Waals surface area contributed by atoms with E-state index in [1.165, 1.54) is 18.0 Å². The predicted octanol–water partition coefficient (Wildman–Crippen LogP) is 2.55. The van der Waals surface area contributed by atoms with Crippen LogP contribution in [0.25, 0.3) is 0 Å². The van der Waals surface area contributed by atoms with Crippen molar-refractivity contribution in [2.24, 2.45) is 0 Å². The van der Waals surface area contributed by atoms with Gasteiger partial charge in [0.05, 0.1) is 11.1 Å². The summed E-state index contributed by atoms with van der Waals surface area (Å²) in [7, 11) is 0. The third-order valence-corrected chi connectivity index (χ3v) is 3.47. The van der Waals surface area contributed by atoms with Gasteiger partial charge in [-0.05, 0) is 30.5 Å². The van der Waals surface area contributed by atoms with Gasteiger partial charge in [-0.25, -0.2) is 0 Å². The van der Waals surface area contributed by atoms with E-state index >= 15 is 0 Å². The molecule has 1 amide bonds. The number of para-hydroxylation sites is 1. The van der Waals surface area contributed by atoms with Crippen molar-refractivity contribution in [2.45, 2.75) is 12.8 Å². The van der Waals surface area contributed by atoms with Gasteiger partial charge < -0.3 is 4.90 Å². The lowest BCUT2D eigenvalue weighted by Gasteiger charge is -2.29. The monoisotopic (exact) mass is 263 g/mol. The molecule has 4 nitrogen and oxygen atoms in total. The summed E-state index contributed by atoms with van der Waals surface area (Å²) in [6.45, 7) is 0.701. The van der Waals surface area contributed by atoms with Gasteiger partial charge in [0, 0.05) is 24.6 Å². The molecule has 0 fully saturated rings. The number of carbonyl (C=O) groups is 1. The van der Waals surface area contributed by atoms with E-state index in [-0.39, 0.29) is 5.91 Å². The van der Waals surface area contributed by atoms with Crippen LogP contribution in [0.5, 0.6) is 0 Å². The van der Waals surface area contributed by atoms with Crippen LogP contribution in [0.3, 0.4) is 0 Å². The molecule has 4 heteroatoms. The standard InChI is InChI=1S/C16H13N3O/c17-9-12-8-14(11-18-10-12)16(20)19-7-3-5-13-4-1-2-6-15(13)19/h1-2,4,6,8,10-11H,3,5,7H2. The second-order valence-corrected chi connectivity index (χ2v) is 4.76. The van der Waals surface area contributed by atoms with Crippen LogP contribution in [-0.2, 0) is 6.42 Å². The molecule has 1 aliphatic heterocycles. The molecule has 3 rings (SSSR count). The van der Waals surface area contributed by atoms with Gasteiger partial charge in [-0.3, -0.25) is 9.78 Å². The smallest absolute Gasteiger partial charge is 0.259 e. The van der Waals surface area contributed by atoms with E-state index in [2.05, 4.69) is 11.1 Å². The van der Waals surface area contributed by atoms with Crippen LogP contribution >= 0.6 is 0 Å². The summed E-state index contributed by atoms with van der Waals surface area (Å²) in [5.41, 5.74) is 3.02. The molecule has 0 radical (unpaired) electrons. The Hall–Kier alpha value is -2.67. The highest BCUT2D eigenvalue weighted by molar-refractivity contribution is 6.06. The minimum absolute atomic E-state index is 0.0956. The molecule has 0 saturated heterocycles. The fraction of sp³-hybridized carbons (Fsp3) is 0.188. The zero-order chi connectivity index (χ0) is 13.9. The van der Waals surface area contributed by atoms with Crippen molar-refractivity contribution in [2.75, 3.05) is 11.4 Å². The van der Waals surface area contributed by atoms with Gasteiger partial charge in [0.1, 0.15) is 6.07 Å². The fourth-order valence-electron chi connectivity index (χ4n) is 2.52. The molecule has 0 bridgehead atoms. The zero-order valence-corrected chi connectivity index (χ0v) is 10.9. The van der Waals surface area contributed by atoms with Gasteiger partial charge in [-0.1, -0.05) is 18.2 Å². The first-order valence-corrected chi connectivity index (χ1v) is 6.54. The van der Waals surface area contributed by atoms with Crippen molar-refractivity contribution in [3.05, 3.63) is 59.4 Å². The number of aromatic nitrogens is 1. The Balaban J connectivity index is 1.98. The number of fused-ring (bicyclic) bond motifs is 1. The summed E-state index contributed by atoms with van der Waals surface area (Å²) in [6.07, 6.45) is 4.92. The Morgan fingerprint density at radius 1 is 1.30 bits per heavy atom. The number of benzene rings is 1. The third kappa shape index (κ3) is 2.14. The summed E-state index contributed by atoms with van der Waals surface area (Å²) in [5.74, 6) is -0.0956. The molecule has 0 saturated carbocycles. The predicted molar refractivity (Wildman–Crippen MR) is 75.4 cm³/mol. The van der Waals surface area contributed by atoms with Gasteiger partial charge >= 0.3 is 0 Å². The zero-order valence-electron chi connectivity index (χ0n) is 10.9. The lowest BCUT2D eigenvalue weighted by atomic mass is 10.0. The van der Waals surface area contributed by atoms with Crippen molar-refractivity contribution in [3.8, 4) is 6.07 Å². The molecule has 0 spiro atoms. The Kier molecular flexibility index (Phi) is 3.18. The van der Waals surface area contributed by atoms with Gasteiger partial charge in [0.25, 0.3) is 5.91 Å². The van der Waals surface area contributed by atoms with Crippen LogP contribution < -0.4 is 4.90 Å². The highest BCUT2D eigenvalue weighted by Gasteiger charge is 2.23. The van der Waals surface area contributed by atoms with Crippen molar-refractivity contribution in [3.63, 3.8) is 0 Å². The molecular weight excluding hydrogens is 250 g/mol. The van der Waals surface area contributed by atoms with Crippen molar-refractivity contribution in [1.82, 2.24) is 4.98 Å². The quantitative estimate of drug-likeness (QED) is 0.794. The Labute approximate surface area is 117 Å². The number of aryl methyl sites for hydroxylation is 1. The molecule has 0 unspecified atom stereocenters. The maximum atomic E-state index is 12.6. The van der Waals surface area contributed by atoms with Crippen molar-refractivity contribution in [1.29, 1.82) is 5.26 Å². The third-order valence-electron chi connectivity index (χ3n) is 3.47. The largest absolute Gasteiger partial charge is 0.308 e. The molecule has 98 valence electrons. The molecule has 1 aromatic carbocycles. The molecular formula is C16H13N3O. The number of nitrogens with zero attached hydrogens (tertiary/aromatic N) is 3. The number of rotatable bonds is 1. The lowest BCUT2D eigenvalue weighted by molar-refractivity contribution is 0.0984. The maximum absolute atomic E-state index is 12.6. The minimum atomic E-state index is -0.0956. The van der Waals surface area contributed by atoms with E-state index in [9.17, 15) is 4.79 Å². The first-order chi connectivity index (χ1) is 9.79. The SMILES string of the molecule is N#Cc1cncc(C(=O)N2CCCc3ccccc32)c1. The first-order valence-electron chi connectivity index (χ1n) is 6.54. The highest BCUT2D eigenvalue weighted by Crippen LogP contribution is 2.27. The lowest BCUT2D eigenvalue weighted by Crippen LogP contribution is -2.35. The summed E-state index contributed by atoms with van der Waals surface area (Å²) in [5, 5.41) is 8.90. The van der Waals surface area contributed by atoms with Gasteiger partial charge in [0.2, 0.25) is 0 Å². The van der Waals surface area contributed by atoms with E-state index in [1.54, 1.807) is 11.0 Å². The van der Waals surface area contributed by atoms with Crippen LogP contribution in [-0.4, -0.2) is 17.4 Å². The van der Waals surface area contributed by atoms with Gasteiger partial charge in [-0.15, -0.1) is 0 Å². The number of nitriles is 1. The fourth-order valence-corrected chi connectivity index (χ4v) is 2.52. The highest BCUT2D eigenvalue weighted by atomic mass is 16.2. The molecule has 1 aliphatic rings. The van der Waals surface area contributed by atoms with E-state index < -0.39 is 0 Å². The van der Waals surface area contributed by atoms with Crippen LogP contribution in [0.4, 0.5) is 5.69 Å². The van der Waals surface area contributed by atoms with Crippen LogP contribution in [0.1, 0.15) is 27.9 Å². The first kappa shape index (κ1) is 12.4.